The van der Waals surface area contributed by atoms with E-state index in [1.54, 1.807) is 0 Å². The third kappa shape index (κ3) is 5.52. The van der Waals surface area contributed by atoms with Gasteiger partial charge in [-0.05, 0) is 61.9 Å². The zero-order valence-electron chi connectivity index (χ0n) is 17.9. The summed E-state index contributed by atoms with van der Waals surface area (Å²) in [4.78, 5) is 16.4. The van der Waals surface area contributed by atoms with Gasteiger partial charge in [-0.2, -0.15) is 0 Å². The lowest BCUT2D eigenvalue weighted by Gasteiger charge is -2.45. The summed E-state index contributed by atoms with van der Waals surface area (Å²) in [7, 11) is 0. The summed E-state index contributed by atoms with van der Waals surface area (Å²) in [5.41, 5.74) is 1.43. The van der Waals surface area contributed by atoms with Crippen LogP contribution in [0.5, 0.6) is 5.75 Å². The molecule has 0 unspecified atom stereocenters. The summed E-state index contributed by atoms with van der Waals surface area (Å²) in [5, 5.41) is 11.2. The Bertz CT molecular complexity index is 847. The van der Waals surface area contributed by atoms with Gasteiger partial charge in [-0.15, -0.1) is 11.6 Å². The number of carbonyl (C=O) groups is 1. The van der Waals surface area contributed by atoms with E-state index < -0.39 is 5.60 Å². The number of rotatable bonds is 8. The molecule has 1 aliphatic carbocycles. The first kappa shape index (κ1) is 22.0. The quantitative estimate of drug-likeness (QED) is 0.622. The van der Waals surface area contributed by atoms with Crippen molar-refractivity contribution in [2.24, 2.45) is 0 Å². The van der Waals surface area contributed by atoms with Gasteiger partial charge in [-0.3, -0.25) is 4.79 Å². The van der Waals surface area contributed by atoms with E-state index in [1.165, 1.54) is 0 Å². The van der Waals surface area contributed by atoms with Crippen molar-refractivity contribution in [2.75, 3.05) is 30.4 Å². The lowest BCUT2D eigenvalue weighted by atomic mass is 9.86. The molecule has 0 aromatic heterocycles. The normalized spacial score (nSPS) is 18.3. The summed E-state index contributed by atoms with van der Waals surface area (Å²) in [6.45, 7) is 2.46. The summed E-state index contributed by atoms with van der Waals surface area (Å²) >= 11 is 5.82. The molecule has 0 spiro atoms. The maximum absolute atomic E-state index is 12.3. The van der Waals surface area contributed by atoms with Crippen LogP contribution in [-0.2, 0) is 11.4 Å². The zero-order chi connectivity index (χ0) is 21.7. The van der Waals surface area contributed by atoms with Crippen LogP contribution in [0.4, 0.5) is 5.69 Å². The second-order valence-corrected chi connectivity index (χ2v) is 8.99. The van der Waals surface area contributed by atoms with Gasteiger partial charge in [0.25, 0.3) is 0 Å². The molecule has 0 atom stereocenters. The van der Waals surface area contributed by atoms with Gasteiger partial charge in [0.2, 0.25) is 5.91 Å². The molecule has 1 amide bonds. The minimum absolute atomic E-state index is 0.0165. The van der Waals surface area contributed by atoms with Crippen molar-refractivity contribution in [3.8, 4) is 5.75 Å². The summed E-state index contributed by atoms with van der Waals surface area (Å²) in [5.74, 6) is 0.766. The fraction of sp³-hybridized carbons (Fsp3) is 0.480. The smallest absolute Gasteiger partial charge is 0.237 e. The standard InChI is InChI=1S/C25H31ClN2O3/c26-17-24(29)28(22-7-4-8-22)19-25(30)13-15-27(16-14-25)21-9-11-23(12-10-21)31-18-20-5-2-1-3-6-20/h1-3,5-6,9-12,22,30H,4,7-8,13-19H2. The summed E-state index contributed by atoms with van der Waals surface area (Å²) in [6.07, 6.45) is 4.46. The number of anilines is 1. The van der Waals surface area contributed by atoms with Crippen molar-refractivity contribution in [3.05, 3.63) is 60.2 Å². The third-order valence-corrected chi connectivity index (χ3v) is 6.79. The van der Waals surface area contributed by atoms with Gasteiger partial charge in [0.1, 0.15) is 18.2 Å². The number of nitrogens with zero attached hydrogens (tertiary/aromatic N) is 2. The molecule has 0 bridgehead atoms. The minimum atomic E-state index is -0.841. The molecule has 1 N–H and O–H groups in total. The predicted molar refractivity (Wildman–Crippen MR) is 124 cm³/mol. The van der Waals surface area contributed by atoms with Gasteiger partial charge in [0.05, 0.1) is 5.60 Å². The Morgan fingerprint density at radius 2 is 1.77 bits per heavy atom. The Morgan fingerprint density at radius 1 is 1.10 bits per heavy atom. The van der Waals surface area contributed by atoms with Gasteiger partial charge >= 0.3 is 0 Å². The van der Waals surface area contributed by atoms with Crippen molar-refractivity contribution >= 4 is 23.2 Å². The van der Waals surface area contributed by atoms with E-state index in [2.05, 4.69) is 29.2 Å². The number of ether oxygens (including phenoxy) is 1. The van der Waals surface area contributed by atoms with Crippen LogP contribution in [0.1, 0.15) is 37.7 Å². The highest BCUT2D eigenvalue weighted by Crippen LogP contribution is 2.32. The van der Waals surface area contributed by atoms with E-state index in [0.717, 1.165) is 49.4 Å². The molecule has 1 saturated carbocycles. The molecule has 2 aromatic carbocycles. The molecule has 31 heavy (non-hydrogen) atoms. The van der Waals surface area contributed by atoms with Gasteiger partial charge in [0.15, 0.2) is 0 Å². The molecule has 4 rings (SSSR count). The van der Waals surface area contributed by atoms with Crippen LogP contribution < -0.4 is 9.64 Å². The lowest BCUT2D eigenvalue weighted by molar-refractivity contribution is -0.138. The fourth-order valence-electron chi connectivity index (χ4n) is 4.35. The van der Waals surface area contributed by atoms with E-state index in [4.69, 9.17) is 16.3 Å². The predicted octanol–water partition coefficient (Wildman–Crippen LogP) is 4.22. The number of amides is 1. The van der Waals surface area contributed by atoms with Crippen LogP contribution in [0.15, 0.2) is 54.6 Å². The second kappa shape index (κ2) is 9.92. The molecule has 5 nitrogen and oxygen atoms in total. The van der Waals surface area contributed by atoms with Crippen LogP contribution in [0, 0.1) is 0 Å². The summed E-state index contributed by atoms with van der Waals surface area (Å²) < 4.78 is 5.88. The highest BCUT2D eigenvalue weighted by atomic mass is 35.5. The van der Waals surface area contributed by atoms with Crippen LogP contribution >= 0.6 is 11.6 Å². The molecular formula is C25H31ClN2O3. The Labute approximate surface area is 189 Å². The average molecular weight is 443 g/mol. The van der Waals surface area contributed by atoms with Gasteiger partial charge in [0, 0.05) is 31.4 Å². The molecule has 2 fully saturated rings. The van der Waals surface area contributed by atoms with Gasteiger partial charge in [-0.25, -0.2) is 0 Å². The van der Waals surface area contributed by atoms with Crippen LogP contribution in [0.3, 0.4) is 0 Å². The third-order valence-electron chi connectivity index (χ3n) is 6.56. The first-order valence-corrected chi connectivity index (χ1v) is 11.7. The fourth-order valence-corrected chi connectivity index (χ4v) is 4.50. The number of alkyl halides is 1. The van der Waals surface area contributed by atoms with Crippen LogP contribution in [-0.4, -0.2) is 53.1 Å². The average Bonchev–Trinajstić information content (AvgIpc) is 2.77. The molecule has 6 heteroatoms. The van der Waals surface area contributed by atoms with E-state index in [0.29, 0.717) is 26.0 Å². The number of hydrogen-bond donors (Lipinski definition) is 1. The van der Waals surface area contributed by atoms with Crippen molar-refractivity contribution in [1.82, 2.24) is 4.90 Å². The van der Waals surface area contributed by atoms with E-state index in [1.807, 2.05) is 35.2 Å². The lowest BCUT2D eigenvalue weighted by Crippen LogP contribution is -2.56. The Kier molecular flexibility index (Phi) is 7.03. The van der Waals surface area contributed by atoms with Gasteiger partial charge < -0.3 is 19.6 Å². The largest absolute Gasteiger partial charge is 0.489 e. The maximum atomic E-state index is 12.3. The minimum Gasteiger partial charge on any atom is -0.489 e. The van der Waals surface area contributed by atoms with Crippen molar-refractivity contribution in [2.45, 2.75) is 50.4 Å². The summed E-state index contributed by atoms with van der Waals surface area (Å²) in [6, 6.07) is 18.5. The molecule has 1 heterocycles. The highest BCUT2D eigenvalue weighted by Gasteiger charge is 2.38. The van der Waals surface area contributed by atoms with Crippen LogP contribution in [0.2, 0.25) is 0 Å². The first-order valence-electron chi connectivity index (χ1n) is 11.2. The number of aliphatic hydroxyl groups is 1. The molecule has 0 radical (unpaired) electrons. The zero-order valence-corrected chi connectivity index (χ0v) is 18.6. The van der Waals surface area contributed by atoms with E-state index >= 15 is 0 Å². The topological polar surface area (TPSA) is 53.0 Å². The maximum Gasteiger partial charge on any atom is 0.237 e. The first-order chi connectivity index (χ1) is 15.1. The van der Waals surface area contributed by atoms with Crippen molar-refractivity contribution < 1.29 is 14.6 Å². The van der Waals surface area contributed by atoms with E-state index in [-0.39, 0.29) is 17.8 Å². The van der Waals surface area contributed by atoms with Crippen molar-refractivity contribution in [1.29, 1.82) is 0 Å². The number of carbonyl (C=O) groups excluding carboxylic acids is 1. The Morgan fingerprint density at radius 3 is 2.35 bits per heavy atom. The monoisotopic (exact) mass is 442 g/mol. The van der Waals surface area contributed by atoms with Crippen LogP contribution in [0.25, 0.3) is 0 Å². The van der Waals surface area contributed by atoms with E-state index in [9.17, 15) is 9.90 Å². The molecule has 2 aromatic rings. The second-order valence-electron chi connectivity index (χ2n) is 8.72. The molecule has 1 aliphatic heterocycles. The number of hydrogen-bond acceptors (Lipinski definition) is 4. The highest BCUT2D eigenvalue weighted by molar-refractivity contribution is 6.27. The SMILES string of the molecule is O=C(CCl)N(CC1(O)CCN(c2ccc(OCc3ccccc3)cc2)CC1)C1CCC1. The number of halogens is 1. The Balaban J connectivity index is 1.30. The number of piperidine rings is 1. The number of benzene rings is 2. The molecule has 2 aliphatic rings. The Hall–Kier alpha value is -2.24. The van der Waals surface area contributed by atoms with Crippen molar-refractivity contribution in [3.63, 3.8) is 0 Å². The molecular weight excluding hydrogens is 412 g/mol. The molecule has 166 valence electrons. The van der Waals surface area contributed by atoms with Gasteiger partial charge in [-0.1, -0.05) is 30.3 Å². The molecule has 1 saturated heterocycles.